The summed E-state index contributed by atoms with van der Waals surface area (Å²) in [5, 5.41) is 6.07. The average molecular weight is 382 g/mol. The second-order valence-electron chi connectivity index (χ2n) is 7.51. The molecule has 150 valence electrons. The Hall–Kier alpha value is -2.53. The number of aryl methyl sites for hydroxylation is 2. The van der Waals surface area contributed by atoms with Crippen LogP contribution in [0, 0.1) is 13.8 Å². The van der Waals surface area contributed by atoms with Crippen molar-refractivity contribution in [3.63, 3.8) is 0 Å². The van der Waals surface area contributed by atoms with Crippen molar-refractivity contribution in [2.75, 3.05) is 32.1 Å². The fourth-order valence-electron chi connectivity index (χ4n) is 3.83. The number of piperidine rings is 1. The van der Waals surface area contributed by atoms with Crippen LogP contribution in [0.4, 0.5) is 10.5 Å². The Kier molecular flexibility index (Phi) is 6.93. The van der Waals surface area contributed by atoms with Crippen molar-refractivity contribution >= 4 is 11.7 Å². The van der Waals surface area contributed by atoms with E-state index in [1.54, 1.807) is 7.11 Å². The smallest absolute Gasteiger partial charge is 0.319 e. The van der Waals surface area contributed by atoms with Gasteiger partial charge >= 0.3 is 6.03 Å². The highest BCUT2D eigenvalue weighted by Crippen LogP contribution is 2.31. The molecule has 5 heteroatoms. The van der Waals surface area contributed by atoms with Gasteiger partial charge < -0.3 is 15.4 Å². The average Bonchev–Trinajstić information content (AvgIpc) is 2.72. The quantitative estimate of drug-likeness (QED) is 0.765. The fourth-order valence-corrected chi connectivity index (χ4v) is 3.83. The topological polar surface area (TPSA) is 53.6 Å². The van der Waals surface area contributed by atoms with Crippen molar-refractivity contribution < 1.29 is 9.53 Å². The van der Waals surface area contributed by atoms with E-state index in [4.69, 9.17) is 4.74 Å². The maximum atomic E-state index is 12.6. The summed E-state index contributed by atoms with van der Waals surface area (Å²) in [6, 6.07) is 14.1. The molecule has 0 bridgehead atoms. The van der Waals surface area contributed by atoms with Crippen LogP contribution in [0.3, 0.4) is 0 Å². The van der Waals surface area contributed by atoms with E-state index < -0.39 is 0 Å². The molecule has 0 saturated carbocycles. The first-order chi connectivity index (χ1) is 13.6. The van der Waals surface area contributed by atoms with Gasteiger partial charge in [-0.05, 0) is 63.0 Å². The minimum Gasteiger partial charge on any atom is -0.496 e. The van der Waals surface area contributed by atoms with Crippen molar-refractivity contribution in [1.29, 1.82) is 0 Å². The molecular weight excluding hydrogens is 350 g/mol. The Bertz CT molecular complexity index is 800. The third-order valence-electron chi connectivity index (χ3n) is 5.43. The summed E-state index contributed by atoms with van der Waals surface area (Å²) in [5.74, 6) is 0.870. The van der Waals surface area contributed by atoms with E-state index in [-0.39, 0.29) is 12.1 Å². The predicted octanol–water partition coefficient (Wildman–Crippen LogP) is 4.66. The van der Waals surface area contributed by atoms with Crippen molar-refractivity contribution in [1.82, 2.24) is 10.2 Å². The third kappa shape index (κ3) is 5.04. The minimum atomic E-state index is -0.175. The lowest BCUT2D eigenvalue weighted by Gasteiger charge is -2.35. The second-order valence-corrected chi connectivity index (χ2v) is 7.51. The highest BCUT2D eigenvalue weighted by Gasteiger charge is 2.25. The molecule has 1 unspecified atom stereocenters. The Balaban J connectivity index is 1.72. The zero-order valence-electron chi connectivity index (χ0n) is 17.1. The first kappa shape index (κ1) is 20.2. The number of carbonyl (C=O) groups is 1. The van der Waals surface area contributed by atoms with Crippen LogP contribution in [0.5, 0.6) is 5.75 Å². The molecular formula is C23H31N3O2. The van der Waals surface area contributed by atoms with Crippen molar-refractivity contribution in [3.05, 3.63) is 59.2 Å². The van der Waals surface area contributed by atoms with E-state index in [1.165, 1.54) is 19.3 Å². The lowest BCUT2D eigenvalue weighted by atomic mass is 10.0. The molecule has 5 nitrogen and oxygen atoms in total. The molecule has 0 aliphatic carbocycles. The van der Waals surface area contributed by atoms with E-state index >= 15 is 0 Å². The molecule has 28 heavy (non-hydrogen) atoms. The minimum absolute atomic E-state index is 0.0980. The summed E-state index contributed by atoms with van der Waals surface area (Å²) in [7, 11) is 1.70. The second kappa shape index (κ2) is 9.60. The number of amides is 2. The summed E-state index contributed by atoms with van der Waals surface area (Å²) in [5.41, 5.74) is 4.16. The molecule has 0 radical (unpaired) electrons. The van der Waals surface area contributed by atoms with Crippen molar-refractivity contribution in [2.24, 2.45) is 0 Å². The lowest BCUT2D eigenvalue weighted by Crippen LogP contribution is -2.42. The molecule has 1 saturated heterocycles. The molecule has 1 heterocycles. The zero-order valence-corrected chi connectivity index (χ0v) is 17.1. The van der Waals surface area contributed by atoms with Gasteiger partial charge in [0.25, 0.3) is 0 Å². The number of hydrogen-bond donors (Lipinski definition) is 2. The summed E-state index contributed by atoms with van der Waals surface area (Å²) >= 11 is 0. The first-order valence-corrected chi connectivity index (χ1v) is 10.1. The van der Waals surface area contributed by atoms with Gasteiger partial charge in [-0.1, -0.05) is 36.8 Å². The van der Waals surface area contributed by atoms with Gasteiger partial charge in [0.15, 0.2) is 0 Å². The number of likely N-dealkylation sites (tertiary alicyclic amines) is 1. The maximum absolute atomic E-state index is 12.6. The summed E-state index contributed by atoms with van der Waals surface area (Å²) < 4.78 is 5.59. The molecule has 1 fully saturated rings. The van der Waals surface area contributed by atoms with Crippen LogP contribution in [-0.2, 0) is 0 Å². The number of benzene rings is 2. The van der Waals surface area contributed by atoms with Gasteiger partial charge in [0, 0.05) is 17.8 Å². The number of ether oxygens (including phenoxy) is 1. The predicted molar refractivity (Wildman–Crippen MR) is 114 cm³/mol. The molecule has 2 amide bonds. The number of urea groups is 1. The SMILES string of the molecule is COc1ccccc1C(CNC(=O)Nc1cc(C)ccc1C)N1CCCCC1. The fraction of sp³-hybridized carbons (Fsp3) is 0.435. The van der Waals surface area contributed by atoms with Crippen LogP contribution >= 0.6 is 0 Å². The van der Waals surface area contributed by atoms with E-state index in [2.05, 4.69) is 21.6 Å². The zero-order chi connectivity index (χ0) is 19.9. The normalized spacial score (nSPS) is 15.7. The molecule has 2 N–H and O–H groups in total. The van der Waals surface area contributed by atoms with Gasteiger partial charge in [-0.3, -0.25) is 4.90 Å². The van der Waals surface area contributed by atoms with E-state index in [0.29, 0.717) is 6.54 Å². The lowest BCUT2D eigenvalue weighted by molar-refractivity contribution is 0.158. The monoisotopic (exact) mass is 381 g/mol. The summed E-state index contributed by atoms with van der Waals surface area (Å²) in [6.45, 7) is 6.65. The molecule has 2 aromatic rings. The van der Waals surface area contributed by atoms with Crippen LogP contribution < -0.4 is 15.4 Å². The van der Waals surface area contributed by atoms with Crippen LogP contribution in [0.1, 0.15) is 42.0 Å². The van der Waals surface area contributed by atoms with Crippen molar-refractivity contribution in [3.8, 4) is 5.75 Å². The highest BCUT2D eigenvalue weighted by atomic mass is 16.5. The van der Waals surface area contributed by atoms with Crippen LogP contribution in [0.15, 0.2) is 42.5 Å². The Morgan fingerprint density at radius 2 is 1.86 bits per heavy atom. The summed E-state index contributed by atoms with van der Waals surface area (Å²) in [4.78, 5) is 15.0. The van der Waals surface area contributed by atoms with E-state index in [1.807, 2.05) is 50.2 Å². The molecule has 1 aliphatic heterocycles. The number of hydrogen-bond acceptors (Lipinski definition) is 3. The van der Waals surface area contributed by atoms with Gasteiger partial charge in [0.2, 0.25) is 0 Å². The Morgan fingerprint density at radius 1 is 1.11 bits per heavy atom. The maximum Gasteiger partial charge on any atom is 0.319 e. The first-order valence-electron chi connectivity index (χ1n) is 10.1. The Labute approximate surface area is 168 Å². The van der Waals surface area contributed by atoms with Crippen LogP contribution in [0.25, 0.3) is 0 Å². The number of rotatable bonds is 6. The largest absolute Gasteiger partial charge is 0.496 e. The highest BCUT2D eigenvalue weighted by molar-refractivity contribution is 5.90. The summed E-state index contributed by atoms with van der Waals surface area (Å²) in [6.07, 6.45) is 3.66. The molecule has 0 aromatic heterocycles. The van der Waals surface area contributed by atoms with Crippen LogP contribution in [0.2, 0.25) is 0 Å². The molecule has 1 aliphatic rings. The third-order valence-corrected chi connectivity index (χ3v) is 5.43. The standard InChI is InChI=1S/C23H31N3O2/c1-17-11-12-18(2)20(15-17)25-23(27)24-16-21(26-13-7-4-8-14-26)19-9-5-6-10-22(19)28-3/h5-6,9-12,15,21H,4,7-8,13-14,16H2,1-3H3,(H2,24,25,27). The van der Waals surface area contributed by atoms with Crippen molar-refractivity contribution in [2.45, 2.75) is 39.2 Å². The number of carbonyl (C=O) groups excluding carboxylic acids is 1. The number of para-hydroxylation sites is 1. The van der Waals surface area contributed by atoms with Gasteiger partial charge in [0.1, 0.15) is 5.75 Å². The number of nitrogens with zero attached hydrogens (tertiary/aromatic N) is 1. The molecule has 1 atom stereocenters. The number of nitrogens with one attached hydrogen (secondary N) is 2. The van der Waals surface area contributed by atoms with Gasteiger partial charge in [-0.25, -0.2) is 4.79 Å². The molecule has 0 spiro atoms. The molecule has 2 aromatic carbocycles. The van der Waals surface area contributed by atoms with E-state index in [9.17, 15) is 4.79 Å². The number of anilines is 1. The van der Waals surface area contributed by atoms with Crippen LogP contribution in [-0.4, -0.2) is 37.7 Å². The van der Waals surface area contributed by atoms with Gasteiger partial charge in [0.05, 0.1) is 13.2 Å². The van der Waals surface area contributed by atoms with Gasteiger partial charge in [-0.2, -0.15) is 0 Å². The van der Waals surface area contributed by atoms with E-state index in [0.717, 1.165) is 41.2 Å². The number of methoxy groups -OCH3 is 1. The Morgan fingerprint density at radius 3 is 2.61 bits per heavy atom. The molecule has 3 rings (SSSR count). The van der Waals surface area contributed by atoms with Gasteiger partial charge in [-0.15, -0.1) is 0 Å².